The molecule has 0 amide bonds. The standard InChI is InChI=1S/C17H36N2S/c1-7-10-18-15(16(2,3)4)8-11-19-12-9-17(5,6)20-14-13-19/h15,18H,7-14H2,1-6H3. The zero-order chi connectivity index (χ0) is 15.2. The number of hydrogen-bond donors (Lipinski definition) is 1. The minimum atomic E-state index is 0.356. The topological polar surface area (TPSA) is 15.3 Å². The molecule has 2 nitrogen and oxygen atoms in total. The second-order valence-electron chi connectivity index (χ2n) is 7.86. The molecule has 0 aromatic heterocycles. The lowest BCUT2D eigenvalue weighted by atomic mass is 9.84. The van der Waals surface area contributed by atoms with Crippen LogP contribution in [-0.2, 0) is 0 Å². The average Bonchev–Trinajstić information content (AvgIpc) is 2.49. The quantitative estimate of drug-likeness (QED) is 0.798. The number of thioether (sulfide) groups is 1. The van der Waals surface area contributed by atoms with Crippen molar-refractivity contribution in [3.8, 4) is 0 Å². The van der Waals surface area contributed by atoms with Crippen molar-refractivity contribution in [3.63, 3.8) is 0 Å². The van der Waals surface area contributed by atoms with E-state index in [2.05, 4.69) is 63.5 Å². The van der Waals surface area contributed by atoms with E-state index in [4.69, 9.17) is 0 Å². The molecule has 0 spiro atoms. The first kappa shape index (κ1) is 18.3. The molecule has 0 bridgehead atoms. The molecule has 0 aromatic rings. The van der Waals surface area contributed by atoms with Crippen LogP contribution in [0.2, 0.25) is 0 Å². The lowest BCUT2D eigenvalue weighted by Crippen LogP contribution is -2.43. The highest BCUT2D eigenvalue weighted by Crippen LogP contribution is 2.31. The summed E-state index contributed by atoms with van der Waals surface area (Å²) in [5.74, 6) is 1.29. The maximum absolute atomic E-state index is 3.75. The van der Waals surface area contributed by atoms with E-state index in [1.165, 1.54) is 44.6 Å². The SMILES string of the molecule is CCCNC(CCN1CCSC(C)(C)CC1)C(C)(C)C. The van der Waals surface area contributed by atoms with Gasteiger partial charge in [-0.3, -0.25) is 0 Å². The largest absolute Gasteiger partial charge is 0.313 e. The summed E-state index contributed by atoms with van der Waals surface area (Å²) < 4.78 is 0.471. The van der Waals surface area contributed by atoms with E-state index in [1.807, 2.05) is 0 Å². The van der Waals surface area contributed by atoms with Gasteiger partial charge in [0.2, 0.25) is 0 Å². The van der Waals surface area contributed by atoms with E-state index in [-0.39, 0.29) is 0 Å². The molecule has 1 N–H and O–H groups in total. The Morgan fingerprint density at radius 1 is 1.25 bits per heavy atom. The third kappa shape index (κ3) is 6.82. The first-order valence-electron chi connectivity index (χ1n) is 8.34. The molecule has 0 saturated carbocycles. The van der Waals surface area contributed by atoms with E-state index in [9.17, 15) is 0 Å². The van der Waals surface area contributed by atoms with Gasteiger partial charge >= 0.3 is 0 Å². The zero-order valence-electron chi connectivity index (χ0n) is 14.6. The van der Waals surface area contributed by atoms with E-state index in [1.54, 1.807) is 0 Å². The first-order valence-corrected chi connectivity index (χ1v) is 9.33. The second-order valence-corrected chi connectivity index (χ2v) is 9.66. The van der Waals surface area contributed by atoms with Crippen LogP contribution in [0, 0.1) is 5.41 Å². The van der Waals surface area contributed by atoms with E-state index in [0.29, 0.717) is 16.2 Å². The monoisotopic (exact) mass is 300 g/mol. The molecule has 0 radical (unpaired) electrons. The fourth-order valence-electron chi connectivity index (χ4n) is 2.76. The highest BCUT2D eigenvalue weighted by Gasteiger charge is 2.26. The van der Waals surface area contributed by atoms with Crippen molar-refractivity contribution in [2.24, 2.45) is 5.41 Å². The lowest BCUT2D eigenvalue weighted by molar-refractivity contribution is 0.208. The fourth-order valence-corrected chi connectivity index (χ4v) is 3.90. The Morgan fingerprint density at radius 2 is 1.95 bits per heavy atom. The molecule has 0 aliphatic carbocycles. The predicted octanol–water partition coefficient (Wildman–Crippen LogP) is 4.01. The predicted molar refractivity (Wildman–Crippen MR) is 93.7 cm³/mol. The van der Waals surface area contributed by atoms with Crippen molar-refractivity contribution < 1.29 is 0 Å². The van der Waals surface area contributed by atoms with Crippen LogP contribution in [0.15, 0.2) is 0 Å². The van der Waals surface area contributed by atoms with Crippen molar-refractivity contribution in [1.82, 2.24) is 10.2 Å². The summed E-state index contributed by atoms with van der Waals surface area (Å²) in [6.45, 7) is 19.0. The Labute approximate surface area is 131 Å². The molecule has 1 heterocycles. The van der Waals surface area contributed by atoms with Gasteiger partial charge in [0.15, 0.2) is 0 Å². The molecule has 1 saturated heterocycles. The maximum atomic E-state index is 3.75. The normalized spacial score (nSPS) is 22.5. The Balaban J connectivity index is 2.42. The molecular weight excluding hydrogens is 264 g/mol. The van der Waals surface area contributed by atoms with Crippen molar-refractivity contribution >= 4 is 11.8 Å². The zero-order valence-corrected chi connectivity index (χ0v) is 15.4. The van der Waals surface area contributed by atoms with Crippen LogP contribution in [0.3, 0.4) is 0 Å². The molecule has 120 valence electrons. The molecule has 1 unspecified atom stereocenters. The van der Waals surface area contributed by atoms with Gasteiger partial charge in [-0.05, 0) is 44.3 Å². The van der Waals surface area contributed by atoms with Crippen LogP contribution in [0.25, 0.3) is 0 Å². The fraction of sp³-hybridized carbons (Fsp3) is 1.00. The van der Waals surface area contributed by atoms with Gasteiger partial charge in [0.25, 0.3) is 0 Å². The second kappa shape index (κ2) is 8.05. The van der Waals surface area contributed by atoms with Gasteiger partial charge in [-0.2, -0.15) is 11.8 Å². The summed E-state index contributed by atoms with van der Waals surface area (Å²) in [5.41, 5.74) is 0.356. The van der Waals surface area contributed by atoms with Crippen molar-refractivity contribution in [1.29, 1.82) is 0 Å². The van der Waals surface area contributed by atoms with Gasteiger partial charge in [0, 0.05) is 23.1 Å². The van der Waals surface area contributed by atoms with Crippen molar-refractivity contribution in [3.05, 3.63) is 0 Å². The Hall–Kier alpha value is 0.270. The summed E-state index contributed by atoms with van der Waals surface area (Å²) in [5, 5.41) is 3.75. The summed E-state index contributed by atoms with van der Waals surface area (Å²) in [6.07, 6.45) is 3.82. The average molecular weight is 301 g/mol. The molecule has 1 aliphatic rings. The van der Waals surface area contributed by atoms with Crippen LogP contribution in [0.5, 0.6) is 0 Å². The van der Waals surface area contributed by atoms with Crippen LogP contribution in [-0.4, -0.2) is 47.6 Å². The third-order valence-corrected chi connectivity index (χ3v) is 5.72. The lowest BCUT2D eigenvalue weighted by Gasteiger charge is -2.33. The van der Waals surface area contributed by atoms with Crippen molar-refractivity contribution in [2.45, 2.75) is 71.6 Å². The smallest absolute Gasteiger partial charge is 0.0128 e. The van der Waals surface area contributed by atoms with Gasteiger partial charge in [-0.15, -0.1) is 0 Å². The van der Waals surface area contributed by atoms with Crippen LogP contribution >= 0.6 is 11.8 Å². The molecule has 3 heteroatoms. The van der Waals surface area contributed by atoms with Crippen LogP contribution < -0.4 is 5.32 Å². The van der Waals surface area contributed by atoms with E-state index < -0.39 is 0 Å². The van der Waals surface area contributed by atoms with E-state index in [0.717, 1.165) is 6.54 Å². The minimum absolute atomic E-state index is 0.356. The van der Waals surface area contributed by atoms with Gasteiger partial charge in [0.05, 0.1) is 0 Å². The summed E-state index contributed by atoms with van der Waals surface area (Å²) in [4.78, 5) is 2.67. The molecular formula is C17H36N2S. The Bertz CT molecular complexity index is 271. The third-order valence-electron chi connectivity index (χ3n) is 4.35. The Morgan fingerprint density at radius 3 is 2.55 bits per heavy atom. The number of hydrogen-bond acceptors (Lipinski definition) is 3. The number of nitrogens with zero attached hydrogens (tertiary/aromatic N) is 1. The van der Waals surface area contributed by atoms with Gasteiger partial charge in [-0.25, -0.2) is 0 Å². The summed E-state index contributed by atoms with van der Waals surface area (Å²) in [7, 11) is 0. The van der Waals surface area contributed by atoms with Crippen molar-refractivity contribution in [2.75, 3.05) is 31.9 Å². The minimum Gasteiger partial charge on any atom is -0.313 e. The molecule has 1 atom stereocenters. The van der Waals surface area contributed by atoms with E-state index >= 15 is 0 Å². The Kier molecular flexibility index (Phi) is 7.37. The highest BCUT2D eigenvalue weighted by atomic mass is 32.2. The molecule has 20 heavy (non-hydrogen) atoms. The molecule has 1 rings (SSSR count). The van der Waals surface area contributed by atoms with Gasteiger partial charge < -0.3 is 10.2 Å². The molecule has 1 fully saturated rings. The van der Waals surface area contributed by atoms with Gasteiger partial charge in [-0.1, -0.05) is 41.5 Å². The van der Waals surface area contributed by atoms with Gasteiger partial charge in [0.1, 0.15) is 0 Å². The highest BCUT2D eigenvalue weighted by molar-refractivity contribution is 8.00. The van der Waals surface area contributed by atoms with Crippen LogP contribution in [0.1, 0.15) is 60.8 Å². The molecule has 0 aromatic carbocycles. The maximum Gasteiger partial charge on any atom is 0.0128 e. The first-order chi connectivity index (χ1) is 9.24. The summed E-state index contributed by atoms with van der Waals surface area (Å²) >= 11 is 2.14. The number of rotatable bonds is 6. The van der Waals surface area contributed by atoms with Crippen LogP contribution in [0.4, 0.5) is 0 Å². The number of nitrogens with one attached hydrogen (secondary N) is 1. The summed E-state index contributed by atoms with van der Waals surface area (Å²) in [6, 6.07) is 0.631. The molecule has 1 aliphatic heterocycles.